The van der Waals surface area contributed by atoms with Crippen molar-refractivity contribution in [3.63, 3.8) is 0 Å². The Kier molecular flexibility index (Phi) is 4.84. The number of halogens is 2. The Morgan fingerprint density at radius 2 is 2.13 bits per heavy atom. The number of hydrogen-bond donors (Lipinski definition) is 3. The summed E-state index contributed by atoms with van der Waals surface area (Å²) in [6, 6.07) is 7.40. The van der Waals surface area contributed by atoms with Gasteiger partial charge < -0.3 is 20.7 Å². The zero-order valence-corrected chi connectivity index (χ0v) is 15.1. The number of nitrogens with zero attached hydrogens (tertiary/aromatic N) is 2. The van der Waals surface area contributed by atoms with Gasteiger partial charge in [0.05, 0.1) is 24.7 Å². The van der Waals surface area contributed by atoms with Crippen LogP contribution in [-0.4, -0.2) is 43.0 Å². The Morgan fingerprint density at radius 1 is 1.43 bits per heavy atom. The van der Waals surface area contributed by atoms with Gasteiger partial charge in [-0.1, -0.05) is 46.3 Å². The molecule has 6 nitrogen and oxygen atoms in total. The molecule has 1 aliphatic heterocycles. The highest BCUT2D eigenvalue weighted by molar-refractivity contribution is 14.1. The maximum absolute atomic E-state index is 10.8. The Labute approximate surface area is 152 Å². The molecule has 1 fully saturated rings. The average Bonchev–Trinajstić information content (AvgIpc) is 3.04. The molecule has 1 aromatic heterocycles. The highest BCUT2D eigenvalue weighted by Crippen LogP contribution is 2.33. The second-order valence-electron chi connectivity index (χ2n) is 5.58. The van der Waals surface area contributed by atoms with Crippen LogP contribution in [0, 0.1) is 0 Å². The standard InChI is InChI=1S/C15H17ClIN3O3/c16-10-3-1-9(2-4-10)5-11-14(18)20(8-19-11)15(22)7-23-12(6-17)13(15)21/h1-4,8,12-13,21-22H,5-7,18H2/t12-,13-,15-/m1/s1. The molecule has 0 radical (unpaired) electrons. The third-order valence-electron chi connectivity index (χ3n) is 4.07. The van der Waals surface area contributed by atoms with Gasteiger partial charge in [-0.15, -0.1) is 0 Å². The Hall–Kier alpha value is -0.870. The molecule has 1 saturated heterocycles. The van der Waals surface area contributed by atoms with Crippen molar-refractivity contribution in [2.24, 2.45) is 0 Å². The summed E-state index contributed by atoms with van der Waals surface area (Å²) >= 11 is 7.99. The molecule has 0 saturated carbocycles. The molecule has 124 valence electrons. The predicted molar refractivity (Wildman–Crippen MR) is 95.7 cm³/mol. The van der Waals surface area contributed by atoms with Gasteiger partial charge in [0, 0.05) is 15.9 Å². The summed E-state index contributed by atoms with van der Waals surface area (Å²) in [5, 5.41) is 21.8. The molecule has 0 spiro atoms. The van der Waals surface area contributed by atoms with Crippen LogP contribution in [0.3, 0.4) is 0 Å². The van der Waals surface area contributed by atoms with Crippen molar-refractivity contribution in [2.75, 3.05) is 16.8 Å². The predicted octanol–water partition coefficient (Wildman–Crippen LogP) is 1.55. The number of ether oxygens (including phenoxy) is 1. The van der Waals surface area contributed by atoms with Crippen molar-refractivity contribution in [1.29, 1.82) is 0 Å². The van der Waals surface area contributed by atoms with Gasteiger partial charge in [-0.25, -0.2) is 4.98 Å². The van der Waals surface area contributed by atoms with Gasteiger partial charge in [-0.05, 0) is 17.7 Å². The number of rotatable bonds is 4. The van der Waals surface area contributed by atoms with E-state index in [1.165, 1.54) is 10.9 Å². The SMILES string of the molecule is Nc1c(Cc2ccc(Cl)cc2)ncn1[C@@]1(O)CO[C@H](CI)[C@H]1O. The number of alkyl halides is 1. The van der Waals surface area contributed by atoms with Crippen LogP contribution >= 0.6 is 34.2 Å². The lowest BCUT2D eigenvalue weighted by atomic mass is 10.1. The molecule has 2 heterocycles. The van der Waals surface area contributed by atoms with E-state index in [0.29, 0.717) is 27.4 Å². The number of nitrogen functional groups attached to an aromatic ring is 1. The topological polar surface area (TPSA) is 93.5 Å². The molecule has 3 rings (SSSR count). The van der Waals surface area contributed by atoms with Gasteiger partial charge in [0.25, 0.3) is 0 Å². The molecular weight excluding hydrogens is 433 g/mol. The van der Waals surface area contributed by atoms with Crippen molar-refractivity contribution in [2.45, 2.75) is 24.4 Å². The van der Waals surface area contributed by atoms with Gasteiger partial charge in [0.2, 0.25) is 0 Å². The van der Waals surface area contributed by atoms with Crippen molar-refractivity contribution < 1.29 is 14.9 Å². The fourth-order valence-corrected chi connectivity index (χ4v) is 3.54. The summed E-state index contributed by atoms with van der Waals surface area (Å²) in [6.45, 7) is -0.0250. The minimum absolute atomic E-state index is 0.0250. The largest absolute Gasteiger partial charge is 0.385 e. The molecule has 0 aliphatic carbocycles. The minimum Gasteiger partial charge on any atom is -0.385 e. The number of anilines is 1. The molecule has 0 amide bonds. The van der Waals surface area contributed by atoms with Crippen molar-refractivity contribution in [1.82, 2.24) is 9.55 Å². The van der Waals surface area contributed by atoms with Crippen molar-refractivity contribution >= 4 is 40.0 Å². The molecule has 0 unspecified atom stereocenters. The van der Waals surface area contributed by atoms with Crippen LogP contribution in [0.25, 0.3) is 0 Å². The van der Waals surface area contributed by atoms with Gasteiger partial charge in [0.15, 0.2) is 5.72 Å². The summed E-state index contributed by atoms with van der Waals surface area (Å²) < 4.78 is 7.43. The molecule has 1 aliphatic rings. The summed E-state index contributed by atoms with van der Waals surface area (Å²) in [4.78, 5) is 4.28. The number of nitrogens with two attached hydrogens (primary N) is 1. The third kappa shape index (κ3) is 3.08. The molecule has 2 aromatic rings. The number of imidazole rings is 1. The first-order valence-corrected chi connectivity index (χ1v) is 9.00. The lowest BCUT2D eigenvalue weighted by Gasteiger charge is -2.28. The van der Waals surface area contributed by atoms with Crippen LogP contribution in [0.1, 0.15) is 11.3 Å². The quantitative estimate of drug-likeness (QED) is 0.486. The van der Waals surface area contributed by atoms with Crippen LogP contribution in [0.15, 0.2) is 30.6 Å². The smallest absolute Gasteiger partial charge is 0.197 e. The number of benzene rings is 1. The highest BCUT2D eigenvalue weighted by atomic mass is 127. The van der Waals surface area contributed by atoms with E-state index in [2.05, 4.69) is 27.6 Å². The third-order valence-corrected chi connectivity index (χ3v) is 5.19. The first kappa shape index (κ1) is 17.0. The number of aliphatic hydroxyl groups excluding tert-OH is 1. The van der Waals surface area contributed by atoms with E-state index >= 15 is 0 Å². The highest BCUT2D eigenvalue weighted by Gasteiger charge is 2.50. The fraction of sp³-hybridized carbons (Fsp3) is 0.400. The Balaban J connectivity index is 1.86. The summed E-state index contributed by atoms with van der Waals surface area (Å²) in [5.41, 5.74) is 6.19. The Bertz CT molecular complexity index is 694. The lowest BCUT2D eigenvalue weighted by Crippen LogP contribution is -2.46. The van der Waals surface area contributed by atoms with Gasteiger partial charge in [0.1, 0.15) is 11.9 Å². The number of aliphatic hydroxyl groups is 2. The molecule has 4 N–H and O–H groups in total. The molecule has 1 aromatic carbocycles. The van der Waals surface area contributed by atoms with E-state index < -0.39 is 17.9 Å². The first-order valence-electron chi connectivity index (χ1n) is 7.10. The normalized spacial score (nSPS) is 27.5. The fourth-order valence-electron chi connectivity index (χ4n) is 2.68. The molecule has 0 bridgehead atoms. The number of aromatic nitrogens is 2. The van der Waals surface area contributed by atoms with E-state index in [-0.39, 0.29) is 6.61 Å². The molecule has 23 heavy (non-hydrogen) atoms. The van der Waals surface area contributed by atoms with E-state index in [1.807, 2.05) is 12.1 Å². The molecule has 3 atom stereocenters. The lowest BCUT2D eigenvalue weighted by molar-refractivity contribution is -0.108. The molecular formula is C15H17ClIN3O3. The Morgan fingerprint density at radius 3 is 2.74 bits per heavy atom. The maximum atomic E-state index is 10.8. The zero-order valence-electron chi connectivity index (χ0n) is 12.2. The van der Waals surface area contributed by atoms with E-state index in [9.17, 15) is 10.2 Å². The zero-order chi connectivity index (χ0) is 16.6. The molecule has 8 heteroatoms. The van der Waals surface area contributed by atoms with Crippen LogP contribution in [0.5, 0.6) is 0 Å². The van der Waals surface area contributed by atoms with Crippen LogP contribution < -0.4 is 5.73 Å². The summed E-state index contributed by atoms with van der Waals surface area (Å²) in [7, 11) is 0. The summed E-state index contributed by atoms with van der Waals surface area (Å²) in [5.74, 6) is 0.319. The van der Waals surface area contributed by atoms with Crippen LogP contribution in [-0.2, 0) is 16.9 Å². The second-order valence-corrected chi connectivity index (χ2v) is 6.89. The van der Waals surface area contributed by atoms with Crippen molar-refractivity contribution in [3.05, 3.63) is 46.9 Å². The van der Waals surface area contributed by atoms with Crippen molar-refractivity contribution in [3.8, 4) is 0 Å². The summed E-state index contributed by atoms with van der Waals surface area (Å²) in [6.07, 6.45) is 0.475. The van der Waals surface area contributed by atoms with Gasteiger partial charge in [-0.2, -0.15) is 0 Å². The van der Waals surface area contributed by atoms with Crippen LogP contribution in [0.4, 0.5) is 5.82 Å². The van der Waals surface area contributed by atoms with Gasteiger partial charge >= 0.3 is 0 Å². The monoisotopic (exact) mass is 449 g/mol. The second kappa shape index (κ2) is 6.56. The minimum atomic E-state index is -1.59. The average molecular weight is 450 g/mol. The van der Waals surface area contributed by atoms with Crippen LogP contribution in [0.2, 0.25) is 5.02 Å². The van der Waals surface area contributed by atoms with Gasteiger partial charge in [-0.3, -0.25) is 4.57 Å². The van der Waals surface area contributed by atoms with E-state index in [4.69, 9.17) is 22.1 Å². The van der Waals surface area contributed by atoms with E-state index in [1.54, 1.807) is 12.1 Å². The number of hydrogen-bond acceptors (Lipinski definition) is 5. The van der Waals surface area contributed by atoms with E-state index in [0.717, 1.165) is 5.56 Å². The maximum Gasteiger partial charge on any atom is 0.197 e. The first-order chi connectivity index (χ1) is 11.0.